The number of nitrogens with zero attached hydrogens (tertiary/aromatic N) is 1. The molecule has 0 aromatic heterocycles. The van der Waals surface area contributed by atoms with Crippen LogP contribution in [-0.4, -0.2) is 47.1 Å². The summed E-state index contributed by atoms with van der Waals surface area (Å²) in [6.07, 6.45) is 3.77. The van der Waals surface area contributed by atoms with Crippen LogP contribution in [0.4, 0.5) is 0 Å². The van der Waals surface area contributed by atoms with Crippen molar-refractivity contribution in [2.75, 3.05) is 13.1 Å². The highest BCUT2D eigenvalue weighted by atomic mass is 16.3. The summed E-state index contributed by atoms with van der Waals surface area (Å²) < 4.78 is 0. The first kappa shape index (κ1) is 14.9. The van der Waals surface area contributed by atoms with Gasteiger partial charge in [0.15, 0.2) is 0 Å². The van der Waals surface area contributed by atoms with Crippen molar-refractivity contribution in [3.05, 3.63) is 0 Å². The van der Waals surface area contributed by atoms with Crippen LogP contribution >= 0.6 is 0 Å². The van der Waals surface area contributed by atoms with Gasteiger partial charge in [0.1, 0.15) is 6.04 Å². The third-order valence-corrected chi connectivity index (χ3v) is 3.27. The van der Waals surface area contributed by atoms with Gasteiger partial charge in [0.25, 0.3) is 0 Å². The van der Waals surface area contributed by atoms with Crippen LogP contribution in [0.2, 0.25) is 0 Å². The molecule has 18 heavy (non-hydrogen) atoms. The summed E-state index contributed by atoms with van der Waals surface area (Å²) in [6, 6.07) is -0.642. The molecule has 1 aliphatic rings. The van der Waals surface area contributed by atoms with Crippen molar-refractivity contribution >= 4 is 11.8 Å². The number of carbonyl (C=O) groups is 2. The summed E-state index contributed by atoms with van der Waals surface area (Å²) in [5.74, 6) is -0.633. The monoisotopic (exact) mass is 257 g/mol. The number of rotatable bonds is 7. The zero-order chi connectivity index (χ0) is 13.5. The third kappa shape index (κ3) is 4.27. The fourth-order valence-corrected chi connectivity index (χ4v) is 2.28. The number of likely N-dealkylation sites (tertiary alicyclic amines) is 1. The maximum Gasteiger partial charge on any atom is 0.240 e. The van der Waals surface area contributed by atoms with Crippen molar-refractivity contribution in [3.8, 4) is 0 Å². The molecule has 0 radical (unpaired) electrons. The zero-order valence-electron chi connectivity index (χ0n) is 10.7. The number of carbonyl (C=O) groups excluding carboxylic acids is 2. The van der Waals surface area contributed by atoms with Crippen LogP contribution in [0.1, 0.15) is 38.5 Å². The number of unbranched alkanes of at least 4 members (excludes halogenated alkanes) is 3. The Morgan fingerprint density at radius 1 is 1.22 bits per heavy atom. The lowest BCUT2D eigenvalue weighted by atomic mass is 10.1. The summed E-state index contributed by atoms with van der Waals surface area (Å²) in [6.45, 7) is 0.894. The first-order valence-corrected chi connectivity index (χ1v) is 6.53. The highest BCUT2D eigenvalue weighted by Gasteiger charge is 2.37. The number of amides is 2. The highest BCUT2D eigenvalue weighted by Crippen LogP contribution is 2.19. The van der Waals surface area contributed by atoms with Crippen molar-refractivity contribution in [2.45, 2.75) is 50.7 Å². The van der Waals surface area contributed by atoms with E-state index < -0.39 is 18.1 Å². The van der Waals surface area contributed by atoms with E-state index >= 15 is 0 Å². The van der Waals surface area contributed by atoms with Gasteiger partial charge in [0.05, 0.1) is 6.10 Å². The van der Waals surface area contributed by atoms with Crippen LogP contribution in [0.3, 0.4) is 0 Å². The Bertz CT molecular complexity index is 296. The van der Waals surface area contributed by atoms with Crippen molar-refractivity contribution in [3.63, 3.8) is 0 Å². The van der Waals surface area contributed by atoms with Crippen LogP contribution in [-0.2, 0) is 9.59 Å². The summed E-state index contributed by atoms with van der Waals surface area (Å²) >= 11 is 0. The molecule has 1 aliphatic heterocycles. The van der Waals surface area contributed by atoms with Crippen molar-refractivity contribution in [1.82, 2.24) is 4.90 Å². The standard InChI is InChI=1S/C12H23N3O3/c13-6-4-2-1-3-5-11(17)15-8-9(16)7-10(15)12(14)18/h9-10,16H,1-8,13H2,(H2,14,18). The minimum atomic E-state index is -0.642. The molecular formula is C12H23N3O3. The highest BCUT2D eigenvalue weighted by molar-refractivity contribution is 5.87. The van der Waals surface area contributed by atoms with Gasteiger partial charge in [-0.25, -0.2) is 0 Å². The lowest BCUT2D eigenvalue weighted by Gasteiger charge is -2.21. The molecule has 1 fully saturated rings. The fraction of sp³-hybridized carbons (Fsp3) is 0.833. The second-order valence-corrected chi connectivity index (χ2v) is 4.81. The fourth-order valence-electron chi connectivity index (χ4n) is 2.28. The molecule has 0 aliphatic carbocycles. The Hall–Kier alpha value is -1.14. The molecule has 104 valence electrons. The molecule has 0 aromatic carbocycles. The van der Waals surface area contributed by atoms with Crippen molar-refractivity contribution in [2.24, 2.45) is 11.5 Å². The van der Waals surface area contributed by atoms with Gasteiger partial charge in [0, 0.05) is 19.4 Å². The maximum atomic E-state index is 11.9. The van der Waals surface area contributed by atoms with E-state index in [2.05, 4.69) is 0 Å². The number of β-amino-alcohol motifs (C(OH)–C–C–N with tert-alkyl or cyclic N) is 1. The van der Waals surface area contributed by atoms with Gasteiger partial charge < -0.3 is 21.5 Å². The summed E-state index contributed by atoms with van der Waals surface area (Å²) in [5, 5.41) is 9.49. The maximum absolute atomic E-state index is 11.9. The van der Waals surface area contributed by atoms with Crippen LogP contribution in [0.5, 0.6) is 0 Å². The Labute approximate surface area is 107 Å². The van der Waals surface area contributed by atoms with E-state index in [4.69, 9.17) is 11.5 Å². The van der Waals surface area contributed by atoms with E-state index in [9.17, 15) is 14.7 Å². The number of primary amides is 1. The summed E-state index contributed by atoms with van der Waals surface area (Å²) in [4.78, 5) is 24.5. The molecule has 1 rings (SSSR count). The second kappa shape index (κ2) is 7.33. The SMILES string of the molecule is NCCCCCCC(=O)N1CC(O)CC1C(N)=O. The molecule has 1 saturated heterocycles. The zero-order valence-corrected chi connectivity index (χ0v) is 10.7. The molecule has 0 aromatic rings. The van der Waals surface area contributed by atoms with Gasteiger partial charge in [-0.1, -0.05) is 12.8 Å². The lowest BCUT2D eigenvalue weighted by molar-refractivity contribution is -0.137. The Balaban J connectivity index is 2.33. The van der Waals surface area contributed by atoms with E-state index in [1.165, 1.54) is 4.90 Å². The number of aliphatic hydroxyl groups excluding tert-OH is 1. The second-order valence-electron chi connectivity index (χ2n) is 4.81. The first-order chi connectivity index (χ1) is 8.56. The van der Waals surface area contributed by atoms with E-state index in [-0.39, 0.29) is 18.9 Å². The normalized spacial score (nSPS) is 23.3. The topological polar surface area (TPSA) is 110 Å². The molecule has 1 heterocycles. The van der Waals surface area contributed by atoms with E-state index in [0.717, 1.165) is 25.7 Å². The first-order valence-electron chi connectivity index (χ1n) is 6.53. The largest absolute Gasteiger partial charge is 0.391 e. The number of nitrogens with two attached hydrogens (primary N) is 2. The predicted molar refractivity (Wildman–Crippen MR) is 67.5 cm³/mol. The van der Waals surface area contributed by atoms with Gasteiger partial charge in [-0.15, -0.1) is 0 Å². The van der Waals surface area contributed by atoms with Crippen molar-refractivity contribution in [1.29, 1.82) is 0 Å². The third-order valence-electron chi connectivity index (χ3n) is 3.27. The molecule has 2 unspecified atom stereocenters. The quantitative estimate of drug-likeness (QED) is 0.526. The number of hydrogen-bond acceptors (Lipinski definition) is 4. The van der Waals surface area contributed by atoms with Gasteiger partial charge in [-0.05, 0) is 19.4 Å². The summed E-state index contributed by atoms with van der Waals surface area (Å²) in [5.41, 5.74) is 10.6. The number of hydrogen-bond donors (Lipinski definition) is 3. The molecule has 5 N–H and O–H groups in total. The molecule has 2 amide bonds. The Kier molecular flexibility index (Phi) is 6.07. The molecule has 0 spiro atoms. The van der Waals surface area contributed by atoms with E-state index in [0.29, 0.717) is 13.0 Å². The number of aliphatic hydroxyl groups is 1. The van der Waals surface area contributed by atoms with Crippen molar-refractivity contribution < 1.29 is 14.7 Å². The van der Waals surface area contributed by atoms with Gasteiger partial charge in [-0.2, -0.15) is 0 Å². The van der Waals surface area contributed by atoms with Crippen LogP contribution < -0.4 is 11.5 Å². The Morgan fingerprint density at radius 2 is 1.89 bits per heavy atom. The molecule has 0 saturated carbocycles. The van der Waals surface area contributed by atoms with E-state index in [1.807, 2.05) is 0 Å². The average Bonchev–Trinajstić information content (AvgIpc) is 2.71. The van der Waals surface area contributed by atoms with Gasteiger partial charge in [-0.3, -0.25) is 9.59 Å². The minimum absolute atomic E-state index is 0.0944. The van der Waals surface area contributed by atoms with Crippen LogP contribution in [0.15, 0.2) is 0 Å². The molecule has 0 bridgehead atoms. The average molecular weight is 257 g/mol. The van der Waals surface area contributed by atoms with E-state index in [1.54, 1.807) is 0 Å². The lowest BCUT2D eigenvalue weighted by Crippen LogP contribution is -2.43. The summed E-state index contributed by atoms with van der Waals surface area (Å²) in [7, 11) is 0. The molecule has 2 atom stereocenters. The van der Waals surface area contributed by atoms with Gasteiger partial charge in [0.2, 0.25) is 11.8 Å². The van der Waals surface area contributed by atoms with Crippen LogP contribution in [0, 0.1) is 0 Å². The van der Waals surface area contributed by atoms with Gasteiger partial charge >= 0.3 is 0 Å². The van der Waals surface area contributed by atoms with Crippen LogP contribution in [0.25, 0.3) is 0 Å². The molecular weight excluding hydrogens is 234 g/mol. The smallest absolute Gasteiger partial charge is 0.240 e. The minimum Gasteiger partial charge on any atom is -0.391 e. The molecule has 6 heteroatoms. The Morgan fingerprint density at radius 3 is 2.50 bits per heavy atom. The molecule has 6 nitrogen and oxygen atoms in total. The predicted octanol–water partition coefficient (Wildman–Crippen LogP) is -0.657.